The fourth-order valence-corrected chi connectivity index (χ4v) is 1.78. The van der Waals surface area contributed by atoms with Gasteiger partial charge in [-0.05, 0) is 20.3 Å². The highest BCUT2D eigenvalue weighted by Crippen LogP contribution is 2.17. The molecule has 1 aromatic rings. The standard InChI is InChI=1S/C12H23N3O2/c1-5-6-15-11(13-9-14-15)7-10(16)8-12(2,3)17-4/h9-10,16H,5-8H2,1-4H3. The molecule has 17 heavy (non-hydrogen) atoms. The molecule has 0 spiro atoms. The van der Waals surface area contributed by atoms with Crippen molar-refractivity contribution in [1.82, 2.24) is 14.8 Å². The van der Waals surface area contributed by atoms with Crippen molar-refractivity contribution < 1.29 is 9.84 Å². The molecule has 0 aliphatic carbocycles. The molecule has 1 aromatic heterocycles. The number of aliphatic hydroxyl groups excluding tert-OH is 1. The van der Waals surface area contributed by atoms with Gasteiger partial charge in [-0.1, -0.05) is 6.92 Å². The van der Waals surface area contributed by atoms with E-state index in [0.29, 0.717) is 12.8 Å². The van der Waals surface area contributed by atoms with E-state index in [9.17, 15) is 5.11 Å². The van der Waals surface area contributed by atoms with Gasteiger partial charge in [0.2, 0.25) is 0 Å². The zero-order valence-corrected chi connectivity index (χ0v) is 11.2. The SMILES string of the molecule is CCCn1ncnc1CC(O)CC(C)(C)OC. The van der Waals surface area contributed by atoms with Crippen molar-refractivity contribution in [3.8, 4) is 0 Å². The van der Waals surface area contributed by atoms with Crippen LogP contribution in [-0.4, -0.2) is 38.7 Å². The molecule has 5 heteroatoms. The highest BCUT2D eigenvalue weighted by Gasteiger charge is 2.22. The predicted octanol–water partition coefficient (Wildman–Crippen LogP) is 1.41. The summed E-state index contributed by atoms with van der Waals surface area (Å²) in [6.07, 6.45) is 3.20. The summed E-state index contributed by atoms with van der Waals surface area (Å²) in [5.41, 5.74) is -0.310. The maximum absolute atomic E-state index is 10.0. The second-order valence-corrected chi connectivity index (χ2v) is 4.93. The van der Waals surface area contributed by atoms with E-state index in [-0.39, 0.29) is 5.60 Å². The molecule has 1 unspecified atom stereocenters. The van der Waals surface area contributed by atoms with Gasteiger partial charge in [-0.3, -0.25) is 4.68 Å². The third-order valence-corrected chi connectivity index (χ3v) is 2.83. The first-order valence-electron chi connectivity index (χ1n) is 6.08. The van der Waals surface area contributed by atoms with Gasteiger partial charge in [-0.25, -0.2) is 4.98 Å². The minimum Gasteiger partial charge on any atom is -0.393 e. The fraction of sp³-hybridized carbons (Fsp3) is 0.833. The van der Waals surface area contributed by atoms with Crippen molar-refractivity contribution in [3.63, 3.8) is 0 Å². The number of hydrogen-bond acceptors (Lipinski definition) is 4. The van der Waals surface area contributed by atoms with E-state index in [4.69, 9.17) is 4.74 Å². The van der Waals surface area contributed by atoms with E-state index in [1.807, 2.05) is 18.5 Å². The van der Waals surface area contributed by atoms with Crippen LogP contribution in [0.25, 0.3) is 0 Å². The lowest BCUT2D eigenvalue weighted by molar-refractivity contribution is -0.0196. The Balaban J connectivity index is 2.55. The van der Waals surface area contributed by atoms with E-state index in [1.165, 1.54) is 0 Å². The molecular weight excluding hydrogens is 218 g/mol. The highest BCUT2D eigenvalue weighted by atomic mass is 16.5. The van der Waals surface area contributed by atoms with Crippen molar-refractivity contribution in [2.75, 3.05) is 7.11 Å². The Kier molecular flexibility index (Phi) is 5.08. The van der Waals surface area contributed by atoms with E-state index in [2.05, 4.69) is 17.0 Å². The van der Waals surface area contributed by atoms with E-state index in [1.54, 1.807) is 13.4 Å². The molecule has 0 saturated heterocycles. The Bertz CT molecular complexity index is 336. The molecule has 0 aliphatic heterocycles. The lowest BCUT2D eigenvalue weighted by Gasteiger charge is -2.25. The number of aliphatic hydroxyl groups is 1. The normalized spacial score (nSPS) is 13.9. The quantitative estimate of drug-likeness (QED) is 0.784. The number of methoxy groups -OCH3 is 1. The van der Waals surface area contributed by atoms with E-state index >= 15 is 0 Å². The third kappa shape index (κ3) is 4.44. The summed E-state index contributed by atoms with van der Waals surface area (Å²) in [7, 11) is 1.66. The fourth-order valence-electron chi connectivity index (χ4n) is 1.78. The number of nitrogens with zero attached hydrogens (tertiary/aromatic N) is 3. The summed E-state index contributed by atoms with van der Waals surface area (Å²) >= 11 is 0. The van der Waals surface area contributed by atoms with E-state index < -0.39 is 6.10 Å². The average Bonchev–Trinajstić information content (AvgIpc) is 2.65. The molecule has 98 valence electrons. The Morgan fingerprint density at radius 1 is 1.53 bits per heavy atom. The molecule has 0 aliphatic rings. The minimum atomic E-state index is -0.454. The molecule has 0 aromatic carbocycles. The summed E-state index contributed by atoms with van der Waals surface area (Å²) in [5, 5.41) is 14.2. The molecule has 0 saturated carbocycles. The number of hydrogen-bond donors (Lipinski definition) is 1. The van der Waals surface area contributed by atoms with Gasteiger partial charge in [0.25, 0.3) is 0 Å². The second-order valence-electron chi connectivity index (χ2n) is 4.93. The maximum Gasteiger partial charge on any atom is 0.138 e. The van der Waals surface area contributed by atoms with Gasteiger partial charge in [0.15, 0.2) is 0 Å². The molecular formula is C12H23N3O2. The van der Waals surface area contributed by atoms with Gasteiger partial charge >= 0.3 is 0 Å². The van der Waals surface area contributed by atoms with Crippen LogP contribution < -0.4 is 0 Å². The van der Waals surface area contributed by atoms with Gasteiger partial charge in [-0.15, -0.1) is 0 Å². The van der Waals surface area contributed by atoms with Crippen LogP contribution in [0.5, 0.6) is 0 Å². The first-order valence-corrected chi connectivity index (χ1v) is 6.08. The van der Waals surface area contributed by atoms with Crippen molar-refractivity contribution >= 4 is 0 Å². The monoisotopic (exact) mass is 241 g/mol. The van der Waals surface area contributed by atoms with Crippen molar-refractivity contribution in [2.45, 2.75) is 58.3 Å². The third-order valence-electron chi connectivity index (χ3n) is 2.83. The summed E-state index contributed by atoms with van der Waals surface area (Å²) < 4.78 is 7.15. The Morgan fingerprint density at radius 2 is 2.24 bits per heavy atom. The molecule has 5 nitrogen and oxygen atoms in total. The van der Waals surface area contributed by atoms with Gasteiger partial charge in [0, 0.05) is 26.5 Å². The van der Waals surface area contributed by atoms with Crippen molar-refractivity contribution in [2.24, 2.45) is 0 Å². The highest BCUT2D eigenvalue weighted by molar-refractivity contribution is 4.89. The Labute approximate surface area is 103 Å². The maximum atomic E-state index is 10.0. The first kappa shape index (κ1) is 14.1. The van der Waals surface area contributed by atoms with Crippen molar-refractivity contribution in [1.29, 1.82) is 0 Å². The first-order chi connectivity index (χ1) is 7.98. The topological polar surface area (TPSA) is 60.2 Å². The van der Waals surface area contributed by atoms with Crippen LogP contribution in [0.3, 0.4) is 0 Å². The lowest BCUT2D eigenvalue weighted by Crippen LogP contribution is -2.30. The minimum absolute atomic E-state index is 0.310. The van der Waals surface area contributed by atoms with Gasteiger partial charge < -0.3 is 9.84 Å². The molecule has 1 N–H and O–H groups in total. The Morgan fingerprint density at radius 3 is 2.82 bits per heavy atom. The van der Waals surface area contributed by atoms with Gasteiger partial charge in [-0.2, -0.15) is 5.10 Å². The van der Waals surface area contributed by atoms with Crippen LogP contribution >= 0.6 is 0 Å². The average molecular weight is 241 g/mol. The smallest absolute Gasteiger partial charge is 0.138 e. The Hall–Kier alpha value is -0.940. The van der Waals surface area contributed by atoms with Crippen LogP contribution in [0, 0.1) is 0 Å². The zero-order valence-electron chi connectivity index (χ0n) is 11.2. The molecule has 1 atom stereocenters. The molecule has 0 amide bonds. The predicted molar refractivity (Wildman–Crippen MR) is 65.7 cm³/mol. The zero-order chi connectivity index (χ0) is 12.9. The van der Waals surface area contributed by atoms with Crippen LogP contribution in [0.1, 0.15) is 39.4 Å². The number of rotatable bonds is 7. The molecule has 0 bridgehead atoms. The lowest BCUT2D eigenvalue weighted by atomic mass is 9.98. The summed E-state index contributed by atoms with van der Waals surface area (Å²) in [6.45, 7) is 6.87. The summed E-state index contributed by atoms with van der Waals surface area (Å²) in [6, 6.07) is 0. The van der Waals surface area contributed by atoms with Crippen molar-refractivity contribution in [3.05, 3.63) is 12.2 Å². The number of aromatic nitrogens is 3. The molecule has 0 radical (unpaired) electrons. The van der Waals surface area contributed by atoms with E-state index in [0.717, 1.165) is 18.8 Å². The molecule has 1 rings (SSSR count). The summed E-state index contributed by atoms with van der Waals surface area (Å²) in [4.78, 5) is 4.18. The van der Waals surface area contributed by atoms with Crippen LogP contribution in [0.15, 0.2) is 6.33 Å². The second kappa shape index (κ2) is 6.12. The van der Waals surface area contributed by atoms with Gasteiger partial charge in [0.05, 0.1) is 11.7 Å². The molecule has 0 fully saturated rings. The summed E-state index contributed by atoms with van der Waals surface area (Å²) in [5.74, 6) is 0.839. The largest absolute Gasteiger partial charge is 0.393 e. The number of ether oxygens (including phenoxy) is 1. The number of aryl methyl sites for hydroxylation is 1. The molecule has 1 heterocycles. The van der Waals surface area contributed by atoms with Gasteiger partial charge in [0.1, 0.15) is 12.2 Å². The van der Waals surface area contributed by atoms with Crippen LogP contribution in [-0.2, 0) is 17.7 Å². The van der Waals surface area contributed by atoms with Crippen LogP contribution in [0.4, 0.5) is 0 Å². The van der Waals surface area contributed by atoms with Crippen LogP contribution in [0.2, 0.25) is 0 Å².